The maximum Gasteiger partial charge on any atom is 0.327 e. The Balaban J connectivity index is 3.04. The summed E-state index contributed by atoms with van der Waals surface area (Å²) in [6.07, 6.45) is 1.27. The third kappa shape index (κ3) is 2.84. The van der Waals surface area contributed by atoms with Crippen molar-refractivity contribution in [2.75, 3.05) is 27.3 Å². The molecule has 0 aromatic carbocycles. The van der Waals surface area contributed by atoms with E-state index in [0.29, 0.717) is 0 Å². The number of hydrogen-bond donors (Lipinski definition) is 1. The second-order valence-electron chi connectivity index (χ2n) is 3.83. The lowest BCUT2D eigenvalue weighted by atomic mass is 10.3. The maximum atomic E-state index is 11.9. The Morgan fingerprint density at radius 2 is 2.11 bits per heavy atom. The van der Waals surface area contributed by atoms with Crippen molar-refractivity contribution in [3.8, 4) is 0 Å². The highest BCUT2D eigenvalue weighted by Gasteiger charge is 2.26. The quantitative estimate of drug-likeness (QED) is 0.624. The number of imide groups is 1. The zero-order chi connectivity index (χ0) is 13.9. The summed E-state index contributed by atoms with van der Waals surface area (Å²) in [4.78, 5) is 41.9. The van der Waals surface area contributed by atoms with Gasteiger partial charge in [-0.2, -0.15) is 0 Å². The van der Waals surface area contributed by atoms with Gasteiger partial charge in [0.25, 0.3) is 5.91 Å². The Hall–Kier alpha value is -2.38. The van der Waals surface area contributed by atoms with Gasteiger partial charge in [0, 0.05) is 14.1 Å². The van der Waals surface area contributed by atoms with Crippen LogP contribution in [0.5, 0.6) is 0 Å². The zero-order valence-electron chi connectivity index (χ0n) is 10.3. The van der Waals surface area contributed by atoms with E-state index in [1.165, 1.54) is 30.2 Å². The van der Waals surface area contributed by atoms with Gasteiger partial charge < -0.3 is 15.5 Å². The summed E-state index contributed by atoms with van der Waals surface area (Å²) in [5, 5.41) is 0. The standard InChI is InChI=1S/C10H15N5O3/c1-7-9(17)14(3)10(18)13(2)5-12-6-15(7)4-8(11)16/h6H,1,4-5H2,2-3H3,(H2,11,16)/b12-6-. The number of hydrogen-bond acceptors (Lipinski definition) is 5. The fourth-order valence-electron chi connectivity index (χ4n) is 1.35. The molecule has 0 fully saturated rings. The van der Waals surface area contributed by atoms with Gasteiger partial charge in [-0.05, 0) is 0 Å². The molecule has 4 amide bonds. The summed E-state index contributed by atoms with van der Waals surface area (Å²) in [7, 11) is 2.84. The molecule has 0 saturated heterocycles. The van der Waals surface area contributed by atoms with Crippen molar-refractivity contribution in [1.29, 1.82) is 0 Å². The van der Waals surface area contributed by atoms with E-state index in [2.05, 4.69) is 11.6 Å². The van der Waals surface area contributed by atoms with E-state index < -0.39 is 17.8 Å². The zero-order valence-corrected chi connectivity index (χ0v) is 10.3. The van der Waals surface area contributed by atoms with Crippen LogP contribution < -0.4 is 5.73 Å². The Labute approximate surface area is 104 Å². The van der Waals surface area contributed by atoms with E-state index in [9.17, 15) is 14.4 Å². The predicted octanol–water partition coefficient (Wildman–Crippen LogP) is -1.20. The topological polar surface area (TPSA) is 99.3 Å². The minimum Gasteiger partial charge on any atom is -0.368 e. The molecule has 18 heavy (non-hydrogen) atoms. The fraction of sp³-hybridized carbons (Fsp3) is 0.400. The molecule has 1 aliphatic rings. The molecule has 0 saturated carbocycles. The molecule has 1 aliphatic heterocycles. The van der Waals surface area contributed by atoms with Crippen LogP contribution in [-0.4, -0.2) is 66.2 Å². The average molecular weight is 253 g/mol. The van der Waals surface area contributed by atoms with Gasteiger partial charge in [0.15, 0.2) is 0 Å². The number of nitrogens with zero attached hydrogens (tertiary/aromatic N) is 4. The minimum absolute atomic E-state index is 0.0382. The molecule has 0 aromatic heterocycles. The second-order valence-corrected chi connectivity index (χ2v) is 3.83. The van der Waals surface area contributed by atoms with Crippen LogP contribution >= 0.6 is 0 Å². The van der Waals surface area contributed by atoms with E-state index in [0.717, 1.165) is 4.90 Å². The number of carbonyl (C=O) groups is 3. The third-order valence-corrected chi connectivity index (χ3v) is 2.35. The summed E-state index contributed by atoms with van der Waals surface area (Å²) < 4.78 is 0. The minimum atomic E-state index is -0.628. The molecule has 0 bridgehead atoms. The Morgan fingerprint density at radius 3 is 2.67 bits per heavy atom. The second kappa shape index (κ2) is 5.30. The normalized spacial score (nSPS) is 19.4. The Kier molecular flexibility index (Phi) is 4.03. The fourth-order valence-corrected chi connectivity index (χ4v) is 1.35. The summed E-state index contributed by atoms with van der Waals surface area (Å²) in [6, 6.07) is -0.501. The molecule has 0 unspecified atom stereocenters. The Bertz CT molecular complexity index is 431. The van der Waals surface area contributed by atoms with Gasteiger partial charge in [-0.15, -0.1) is 0 Å². The van der Waals surface area contributed by atoms with Crippen molar-refractivity contribution in [3.63, 3.8) is 0 Å². The Morgan fingerprint density at radius 1 is 1.50 bits per heavy atom. The van der Waals surface area contributed by atoms with Crippen LogP contribution in [0.15, 0.2) is 17.3 Å². The van der Waals surface area contributed by atoms with Crippen molar-refractivity contribution >= 4 is 24.2 Å². The summed E-state index contributed by atoms with van der Waals surface area (Å²) >= 11 is 0. The lowest BCUT2D eigenvalue weighted by molar-refractivity contribution is -0.125. The number of aliphatic imine (C=N–C) groups is 1. The predicted molar refractivity (Wildman–Crippen MR) is 64.3 cm³/mol. The number of urea groups is 1. The van der Waals surface area contributed by atoms with Crippen LogP contribution in [0.3, 0.4) is 0 Å². The van der Waals surface area contributed by atoms with Crippen LogP contribution in [0, 0.1) is 0 Å². The lowest BCUT2D eigenvalue weighted by Gasteiger charge is -2.23. The smallest absolute Gasteiger partial charge is 0.327 e. The first-order valence-electron chi connectivity index (χ1n) is 5.11. The molecule has 1 rings (SSSR count). The van der Waals surface area contributed by atoms with E-state index in [1.807, 2.05) is 0 Å². The van der Waals surface area contributed by atoms with Crippen molar-refractivity contribution in [2.45, 2.75) is 0 Å². The van der Waals surface area contributed by atoms with Crippen LogP contribution in [0.1, 0.15) is 0 Å². The van der Waals surface area contributed by atoms with Gasteiger partial charge in [0.1, 0.15) is 18.9 Å². The molecule has 0 aliphatic carbocycles. The highest BCUT2D eigenvalue weighted by atomic mass is 16.2. The van der Waals surface area contributed by atoms with E-state index in [4.69, 9.17) is 5.73 Å². The molecule has 0 radical (unpaired) electrons. The average Bonchev–Trinajstić information content (AvgIpc) is 2.34. The van der Waals surface area contributed by atoms with Crippen LogP contribution in [-0.2, 0) is 9.59 Å². The van der Waals surface area contributed by atoms with Crippen molar-refractivity contribution in [2.24, 2.45) is 10.7 Å². The molecule has 2 N–H and O–H groups in total. The number of nitrogens with two attached hydrogens (primary N) is 1. The first-order chi connectivity index (χ1) is 8.34. The van der Waals surface area contributed by atoms with Gasteiger partial charge >= 0.3 is 6.03 Å². The lowest BCUT2D eigenvalue weighted by Crippen LogP contribution is -2.44. The van der Waals surface area contributed by atoms with Crippen LogP contribution in [0.2, 0.25) is 0 Å². The number of amides is 4. The van der Waals surface area contributed by atoms with Gasteiger partial charge in [0.2, 0.25) is 5.91 Å². The largest absolute Gasteiger partial charge is 0.368 e. The molecule has 1 heterocycles. The van der Waals surface area contributed by atoms with E-state index >= 15 is 0 Å². The molecule has 8 heteroatoms. The molecule has 98 valence electrons. The molecule has 0 spiro atoms. The molecular formula is C10H15N5O3. The van der Waals surface area contributed by atoms with Gasteiger partial charge in [0.05, 0.1) is 6.34 Å². The van der Waals surface area contributed by atoms with Gasteiger partial charge in [-0.1, -0.05) is 6.58 Å². The molecular weight excluding hydrogens is 238 g/mol. The van der Waals surface area contributed by atoms with E-state index in [1.54, 1.807) is 0 Å². The summed E-state index contributed by atoms with van der Waals surface area (Å²) in [6.45, 7) is 3.39. The van der Waals surface area contributed by atoms with Gasteiger partial charge in [-0.3, -0.25) is 19.5 Å². The number of carbonyl (C=O) groups excluding carboxylic acids is 3. The van der Waals surface area contributed by atoms with Crippen molar-refractivity contribution in [3.05, 3.63) is 12.3 Å². The molecule has 0 aromatic rings. The monoisotopic (exact) mass is 253 g/mol. The van der Waals surface area contributed by atoms with Crippen LogP contribution in [0.4, 0.5) is 4.79 Å². The third-order valence-electron chi connectivity index (χ3n) is 2.35. The van der Waals surface area contributed by atoms with Crippen molar-refractivity contribution in [1.82, 2.24) is 14.7 Å². The number of likely N-dealkylation sites (N-methyl/N-ethyl adjacent to an activating group) is 1. The highest BCUT2D eigenvalue weighted by molar-refractivity contribution is 6.04. The number of rotatable bonds is 2. The highest BCUT2D eigenvalue weighted by Crippen LogP contribution is 2.07. The van der Waals surface area contributed by atoms with Crippen molar-refractivity contribution < 1.29 is 14.4 Å². The maximum absolute atomic E-state index is 11.9. The number of primary amides is 1. The first-order valence-corrected chi connectivity index (χ1v) is 5.11. The SMILES string of the molecule is C=C1C(=O)N(C)C(=O)N(C)C/N=C\N1CC(N)=O. The molecule has 8 nitrogen and oxygen atoms in total. The summed E-state index contributed by atoms with van der Waals surface area (Å²) in [5.41, 5.74) is 5.03. The first kappa shape index (κ1) is 13.7. The molecule has 0 atom stereocenters. The summed E-state index contributed by atoms with van der Waals surface area (Å²) in [5.74, 6) is -1.24. The van der Waals surface area contributed by atoms with Gasteiger partial charge in [-0.25, -0.2) is 4.79 Å². The van der Waals surface area contributed by atoms with Crippen LogP contribution in [0.25, 0.3) is 0 Å². The van der Waals surface area contributed by atoms with E-state index in [-0.39, 0.29) is 18.9 Å².